The highest BCUT2D eigenvalue weighted by Gasteiger charge is 2.17. The van der Waals surface area contributed by atoms with Crippen LogP contribution in [0.2, 0.25) is 19.6 Å². The fourth-order valence-corrected chi connectivity index (χ4v) is 1.93. The first-order chi connectivity index (χ1) is 8.88. The summed E-state index contributed by atoms with van der Waals surface area (Å²) in [5.74, 6) is -0.278. The zero-order chi connectivity index (χ0) is 14.3. The largest absolute Gasteiger partial charge is 0.466 e. The van der Waals surface area contributed by atoms with Gasteiger partial charge in [-0.3, -0.25) is 0 Å². The van der Waals surface area contributed by atoms with Crippen molar-refractivity contribution in [3.05, 3.63) is 54.1 Å². The molecule has 0 spiro atoms. The van der Waals surface area contributed by atoms with Crippen LogP contribution < -0.4 is 0 Å². The predicted molar refractivity (Wildman–Crippen MR) is 83.5 cm³/mol. The summed E-state index contributed by atoms with van der Waals surface area (Å²) in [6.07, 6.45) is 5.00. The molecule has 19 heavy (non-hydrogen) atoms. The van der Waals surface area contributed by atoms with Gasteiger partial charge in [0.15, 0.2) is 0 Å². The highest BCUT2D eigenvalue weighted by molar-refractivity contribution is 6.76. The third kappa shape index (κ3) is 6.77. The van der Waals surface area contributed by atoms with Gasteiger partial charge in [0.25, 0.3) is 0 Å². The number of allylic oxidation sites excluding steroid dienone is 1. The predicted octanol–water partition coefficient (Wildman–Crippen LogP) is 4.07. The summed E-state index contributed by atoms with van der Waals surface area (Å²) < 4.78 is 5.26. The molecule has 0 radical (unpaired) electrons. The van der Waals surface area contributed by atoms with Gasteiger partial charge in [-0.25, -0.2) is 4.79 Å². The average Bonchev–Trinajstić information content (AvgIpc) is 2.36. The quantitative estimate of drug-likeness (QED) is 0.444. The van der Waals surface area contributed by atoms with Gasteiger partial charge < -0.3 is 4.74 Å². The van der Waals surface area contributed by atoms with E-state index in [9.17, 15) is 4.79 Å². The van der Waals surface area contributed by atoms with Crippen LogP contribution in [0.25, 0.3) is 6.08 Å². The van der Waals surface area contributed by atoms with E-state index in [-0.39, 0.29) is 5.97 Å². The van der Waals surface area contributed by atoms with Crippen molar-refractivity contribution in [2.24, 2.45) is 0 Å². The topological polar surface area (TPSA) is 26.3 Å². The molecular weight excluding hydrogens is 252 g/mol. The fraction of sp³-hybridized carbons (Fsp3) is 0.312. The van der Waals surface area contributed by atoms with E-state index in [4.69, 9.17) is 4.74 Å². The normalized spacial score (nSPS) is 11.5. The second kappa shape index (κ2) is 7.09. The molecule has 1 rings (SSSR count). The summed E-state index contributed by atoms with van der Waals surface area (Å²) >= 11 is 0. The van der Waals surface area contributed by atoms with Crippen LogP contribution in [-0.4, -0.2) is 20.3 Å². The van der Waals surface area contributed by atoms with E-state index in [1.807, 2.05) is 42.5 Å². The molecule has 0 aliphatic heterocycles. The van der Waals surface area contributed by atoms with Gasteiger partial charge in [0.1, 0.15) is 0 Å². The Kier molecular flexibility index (Phi) is 5.77. The van der Waals surface area contributed by atoms with Crippen LogP contribution in [0.15, 0.2) is 48.6 Å². The van der Waals surface area contributed by atoms with Crippen molar-refractivity contribution in [1.29, 1.82) is 0 Å². The standard InChI is InChI=1S/C16H22O2Si/c1-14(16(17)18-13-19(2,3)4)9-8-12-15-10-6-5-7-11-15/h5-8,10-12H,1,9,13H2,2-4H3. The maximum atomic E-state index is 11.7. The van der Waals surface area contributed by atoms with Crippen molar-refractivity contribution in [3.63, 3.8) is 0 Å². The molecule has 0 N–H and O–H groups in total. The highest BCUT2D eigenvalue weighted by Crippen LogP contribution is 2.08. The van der Waals surface area contributed by atoms with Gasteiger partial charge in [-0.05, 0) is 12.0 Å². The number of rotatable bonds is 6. The maximum absolute atomic E-state index is 11.7. The van der Waals surface area contributed by atoms with E-state index < -0.39 is 8.07 Å². The lowest BCUT2D eigenvalue weighted by Crippen LogP contribution is -2.30. The van der Waals surface area contributed by atoms with E-state index in [1.165, 1.54) is 0 Å². The van der Waals surface area contributed by atoms with E-state index in [2.05, 4.69) is 26.2 Å². The fourth-order valence-electron chi connectivity index (χ4n) is 1.37. The Labute approximate surface area is 116 Å². The highest BCUT2D eigenvalue weighted by atomic mass is 28.3. The average molecular weight is 274 g/mol. The van der Waals surface area contributed by atoms with Gasteiger partial charge in [-0.2, -0.15) is 0 Å². The Morgan fingerprint density at radius 2 is 1.89 bits per heavy atom. The molecule has 0 aliphatic carbocycles. The van der Waals surface area contributed by atoms with Crippen LogP contribution in [0, 0.1) is 0 Å². The third-order valence-corrected chi connectivity index (χ3v) is 3.41. The second-order valence-electron chi connectivity index (χ2n) is 5.76. The molecule has 3 heteroatoms. The van der Waals surface area contributed by atoms with Crippen molar-refractivity contribution in [2.75, 3.05) is 6.23 Å². The van der Waals surface area contributed by atoms with Crippen LogP contribution in [-0.2, 0) is 9.53 Å². The van der Waals surface area contributed by atoms with Crippen molar-refractivity contribution in [3.8, 4) is 0 Å². The summed E-state index contributed by atoms with van der Waals surface area (Å²) in [4.78, 5) is 11.7. The minimum absolute atomic E-state index is 0.278. The van der Waals surface area contributed by atoms with E-state index in [0.29, 0.717) is 18.2 Å². The molecule has 0 saturated heterocycles. The molecule has 102 valence electrons. The van der Waals surface area contributed by atoms with Crippen molar-refractivity contribution < 1.29 is 9.53 Å². The van der Waals surface area contributed by atoms with Crippen LogP contribution >= 0.6 is 0 Å². The van der Waals surface area contributed by atoms with E-state index >= 15 is 0 Å². The Hall–Kier alpha value is -1.61. The number of esters is 1. The second-order valence-corrected chi connectivity index (χ2v) is 11.2. The Morgan fingerprint density at radius 3 is 2.47 bits per heavy atom. The van der Waals surface area contributed by atoms with Crippen LogP contribution in [0.4, 0.5) is 0 Å². The lowest BCUT2D eigenvalue weighted by Gasteiger charge is -2.15. The van der Waals surface area contributed by atoms with E-state index in [1.54, 1.807) is 0 Å². The monoisotopic (exact) mass is 274 g/mol. The van der Waals surface area contributed by atoms with Gasteiger partial charge in [-0.1, -0.05) is 68.7 Å². The van der Waals surface area contributed by atoms with Crippen LogP contribution in [0.1, 0.15) is 12.0 Å². The molecule has 0 saturated carbocycles. The molecule has 2 nitrogen and oxygen atoms in total. The van der Waals surface area contributed by atoms with Crippen molar-refractivity contribution in [1.82, 2.24) is 0 Å². The zero-order valence-corrected chi connectivity index (χ0v) is 13.0. The lowest BCUT2D eigenvalue weighted by atomic mass is 10.1. The number of hydrogen-bond donors (Lipinski definition) is 0. The Morgan fingerprint density at radius 1 is 1.26 bits per heavy atom. The molecular formula is C16H22O2Si. The molecule has 0 bridgehead atoms. The van der Waals surface area contributed by atoms with Gasteiger partial charge >= 0.3 is 5.97 Å². The van der Waals surface area contributed by atoms with Gasteiger partial charge in [0, 0.05) is 5.57 Å². The molecule has 0 unspecified atom stereocenters. The SMILES string of the molecule is C=C(CC=Cc1ccccc1)C(=O)OC[Si](C)(C)C. The first kappa shape index (κ1) is 15.4. The lowest BCUT2D eigenvalue weighted by molar-refractivity contribution is -0.137. The number of carbonyl (C=O) groups is 1. The van der Waals surface area contributed by atoms with Crippen LogP contribution in [0.3, 0.4) is 0 Å². The zero-order valence-electron chi connectivity index (χ0n) is 12.0. The van der Waals surface area contributed by atoms with Gasteiger partial charge in [0.2, 0.25) is 0 Å². The van der Waals surface area contributed by atoms with Crippen molar-refractivity contribution in [2.45, 2.75) is 26.1 Å². The minimum Gasteiger partial charge on any atom is -0.466 e. The molecule has 0 amide bonds. The maximum Gasteiger partial charge on any atom is 0.333 e. The van der Waals surface area contributed by atoms with Gasteiger partial charge in [-0.15, -0.1) is 0 Å². The van der Waals surface area contributed by atoms with Crippen LogP contribution in [0.5, 0.6) is 0 Å². The smallest absolute Gasteiger partial charge is 0.333 e. The molecule has 0 aromatic heterocycles. The van der Waals surface area contributed by atoms with E-state index in [0.717, 1.165) is 5.56 Å². The number of hydrogen-bond acceptors (Lipinski definition) is 2. The summed E-state index contributed by atoms with van der Waals surface area (Å²) in [6.45, 7) is 10.3. The summed E-state index contributed by atoms with van der Waals surface area (Å²) in [6, 6.07) is 9.98. The molecule has 0 aliphatic rings. The summed E-state index contributed by atoms with van der Waals surface area (Å²) in [5, 5.41) is 0. The third-order valence-electron chi connectivity index (χ3n) is 2.40. The molecule has 1 aromatic rings. The van der Waals surface area contributed by atoms with Crippen molar-refractivity contribution >= 4 is 20.1 Å². The summed E-state index contributed by atoms with van der Waals surface area (Å²) in [5.41, 5.74) is 1.62. The first-order valence-electron chi connectivity index (χ1n) is 6.45. The Bertz CT molecular complexity index is 455. The molecule has 0 heterocycles. The molecule has 0 fully saturated rings. The number of carbonyl (C=O) groups excluding carboxylic acids is 1. The molecule has 0 atom stereocenters. The van der Waals surface area contributed by atoms with Gasteiger partial charge in [0.05, 0.1) is 14.3 Å². The number of benzene rings is 1. The summed E-state index contributed by atoms with van der Waals surface area (Å²) in [7, 11) is -1.35. The minimum atomic E-state index is -1.35. The number of ether oxygens (including phenoxy) is 1. The Balaban J connectivity index is 2.39. The molecule has 1 aromatic carbocycles. The first-order valence-corrected chi connectivity index (χ1v) is 10.2.